The zero-order valence-corrected chi connectivity index (χ0v) is 13.9. The lowest BCUT2D eigenvalue weighted by Crippen LogP contribution is -2.17. The molecule has 2 aliphatic rings. The van der Waals surface area contributed by atoms with Crippen molar-refractivity contribution in [2.45, 2.75) is 38.5 Å². The molecule has 22 heavy (non-hydrogen) atoms. The number of aryl methyl sites for hydroxylation is 1. The summed E-state index contributed by atoms with van der Waals surface area (Å²) in [4.78, 5) is 13.4. The number of amides is 1. The van der Waals surface area contributed by atoms with Gasteiger partial charge < -0.3 is 5.32 Å². The predicted octanol–water partition coefficient (Wildman–Crippen LogP) is 2.26. The van der Waals surface area contributed by atoms with Gasteiger partial charge in [0.05, 0.1) is 17.1 Å². The van der Waals surface area contributed by atoms with E-state index in [2.05, 4.69) is 11.4 Å². The molecule has 1 amide bonds. The van der Waals surface area contributed by atoms with E-state index in [1.165, 1.54) is 16.2 Å². The number of fused-ring (bicyclic) bond motifs is 1. The predicted molar refractivity (Wildman–Crippen MR) is 85.7 cm³/mol. The van der Waals surface area contributed by atoms with Crippen LogP contribution in [0.15, 0.2) is 0 Å². The highest BCUT2D eigenvalue weighted by atomic mass is 32.2. The van der Waals surface area contributed by atoms with E-state index in [0.29, 0.717) is 17.0 Å². The van der Waals surface area contributed by atoms with Crippen molar-refractivity contribution >= 4 is 32.1 Å². The van der Waals surface area contributed by atoms with Gasteiger partial charge in [-0.25, -0.2) is 8.42 Å². The van der Waals surface area contributed by atoms with Crippen molar-refractivity contribution in [3.8, 4) is 6.07 Å². The maximum Gasteiger partial charge on any atom is 0.225 e. The second-order valence-electron chi connectivity index (χ2n) is 6.05. The summed E-state index contributed by atoms with van der Waals surface area (Å²) in [5, 5.41) is 12.8. The van der Waals surface area contributed by atoms with Gasteiger partial charge in [-0.2, -0.15) is 5.26 Å². The number of anilines is 1. The van der Waals surface area contributed by atoms with Gasteiger partial charge in [0.15, 0.2) is 9.84 Å². The molecule has 1 N–H and O–H groups in total. The maximum atomic E-state index is 12.2. The Balaban J connectivity index is 1.70. The Hall–Kier alpha value is -1.39. The van der Waals surface area contributed by atoms with E-state index in [1.54, 1.807) is 0 Å². The zero-order chi connectivity index (χ0) is 15.7. The van der Waals surface area contributed by atoms with E-state index in [-0.39, 0.29) is 29.8 Å². The highest BCUT2D eigenvalue weighted by Crippen LogP contribution is 2.37. The molecule has 1 aliphatic heterocycles. The number of hydrogen-bond donors (Lipinski definition) is 1. The summed E-state index contributed by atoms with van der Waals surface area (Å²) >= 11 is 1.50. The van der Waals surface area contributed by atoms with Crippen LogP contribution in [0.4, 0.5) is 5.00 Å². The highest BCUT2D eigenvalue weighted by Gasteiger charge is 2.30. The Morgan fingerprint density at radius 2 is 2.14 bits per heavy atom. The smallest absolute Gasteiger partial charge is 0.225 e. The number of nitrogens with zero attached hydrogens (tertiary/aromatic N) is 1. The molecule has 1 aliphatic carbocycles. The Bertz CT molecular complexity index is 744. The van der Waals surface area contributed by atoms with Gasteiger partial charge in [-0.15, -0.1) is 11.3 Å². The van der Waals surface area contributed by atoms with E-state index < -0.39 is 9.84 Å². The Labute approximate surface area is 134 Å². The molecule has 1 fully saturated rings. The molecule has 1 saturated heterocycles. The third-order valence-electron chi connectivity index (χ3n) is 4.34. The molecule has 118 valence electrons. The van der Waals surface area contributed by atoms with Crippen molar-refractivity contribution in [3.05, 3.63) is 16.0 Å². The molecule has 1 aromatic rings. The maximum absolute atomic E-state index is 12.2. The molecule has 0 bridgehead atoms. The normalized spacial score (nSPS) is 22.8. The quantitative estimate of drug-likeness (QED) is 0.916. The molecule has 1 atom stereocenters. The van der Waals surface area contributed by atoms with E-state index in [1.807, 2.05) is 0 Å². The van der Waals surface area contributed by atoms with Gasteiger partial charge in [0.2, 0.25) is 5.91 Å². The van der Waals surface area contributed by atoms with Crippen molar-refractivity contribution in [3.63, 3.8) is 0 Å². The van der Waals surface area contributed by atoms with Crippen molar-refractivity contribution < 1.29 is 13.2 Å². The van der Waals surface area contributed by atoms with Gasteiger partial charge >= 0.3 is 0 Å². The fourth-order valence-electron chi connectivity index (χ4n) is 3.25. The molecular formula is C15H18N2O3S2. The third kappa shape index (κ3) is 3.18. The lowest BCUT2D eigenvalue weighted by atomic mass is 9.96. The molecule has 3 rings (SSSR count). The number of nitriles is 1. The monoisotopic (exact) mass is 338 g/mol. The topological polar surface area (TPSA) is 87.0 Å². The van der Waals surface area contributed by atoms with Crippen LogP contribution in [0.3, 0.4) is 0 Å². The Morgan fingerprint density at radius 3 is 2.82 bits per heavy atom. The summed E-state index contributed by atoms with van der Waals surface area (Å²) in [6.07, 6.45) is 4.88. The summed E-state index contributed by atoms with van der Waals surface area (Å²) < 4.78 is 22.9. The van der Waals surface area contributed by atoms with Gasteiger partial charge in [-0.05, 0) is 43.6 Å². The van der Waals surface area contributed by atoms with E-state index in [4.69, 9.17) is 0 Å². The number of carbonyl (C=O) groups is 1. The minimum absolute atomic E-state index is 0.0925. The van der Waals surface area contributed by atoms with Gasteiger partial charge in [-0.1, -0.05) is 0 Å². The lowest BCUT2D eigenvalue weighted by Gasteiger charge is -2.09. The number of nitrogens with one attached hydrogen (secondary N) is 1. The van der Waals surface area contributed by atoms with E-state index in [9.17, 15) is 18.5 Å². The summed E-state index contributed by atoms with van der Waals surface area (Å²) in [6.45, 7) is 0. The molecule has 1 aromatic heterocycles. The minimum atomic E-state index is -2.96. The largest absolute Gasteiger partial charge is 0.317 e. The SMILES string of the molecule is N#Cc1c(NC(=O)CC2CCS(=O)(=O)C2)sc2c1CCCC2. The summed E-state index contributed by atoms with van der Waals surface area (Å²) in [6, 6.07) is 2.22. The van der Waals surface area contributed by atoms with Crippen molar-refractivity contribution in [1.82, 2.24) is 0 Å². The number of hydrogen-bond acceptors (Lipinski definition) is 5. The van der Waals surface area contributed by atoms with Crippen molar-refractivity contribution in [2.75, 3.05) is 16.8 Å². The second kappa shape index (κ2) is 6.01. The standard InChI is InChI=1S/C15H18N2O3S2/c16-8-12-11-3-1-2-4-13(11)21-15(12)17-14(18)7-10-5-6-22(19,20)9-10/h10H,1-7,9H2,(H,17,18). The Kier molecular flexibility index (Phi) is 4.24. The van der Waals surface area contributed by atoms with Crippen LogP contribution in [0, 0.1) is 17.2 Å². The summed E-state index contributed by atoms with van der Waals surface area (Å²) in [7, 11) is -2.96. The van der Waals surface area contributed by atoms with Crippen LogP contribution in [0.1, 0.15) is 41.7 Å². The number of carbonyl (C=O) groups excluding carboxylic acids is 1. The fourth-order valence-corrected chi connectivity index (χ4v) is 6.36. The Morgan fingerprint density at radius 1 is 1.36 bits per heavy atom. The first-order chi connectivity index (χ1) is 10.5. The van der Waals surface area contributed by atoms with Crippen molar-refractivity contribution in [1.29, 1.82) is 5.26 Å². The molecule has 0 aromatic carbocycles. The van der Waals surface area contributed by atoms with Crippen LogP contribution >= 0.6 is 11.3 Å². The molecule has 2 heterocycles. The molecule has 0 saturated carbocycles. The van der Waals surface area contributed by atoms with Crippen LogP contribution in [0.5, 0.6) is 0 Å². The van der Waals surface area contributed by atoms with Gasteiger partial charge in [0.25, 0.3) is 0 Å². The third-order valence-corrected chi connectivity index (χ3v) is 7.38. The summed E-state index contributed by atoms with van der Waals surface area (Å²) in [5.74, 6) is 0.0102. The fraction of sp³-hybridized carbons (Fsp3) is 0.600. The van der Waals surface area contributed by atoms with Gasteiger partial charge in [0.1, 0.15) is 11.1 Å². The molecule has 1 unspecified atom stereocenters. The van der Waals surface area contributed by atoms with Crippen LogP contribution < -0.4 is 5.32 Å². The number of rotatable bonds is 3. The van der Waals surface area contributed by atoms with E-state index in [0.717, 1.165) is 31.2 Å². The lowest BCUT2D eigenvalue weighted by molar-refractivity contribution is -0.116. The average Bonchev–Trinajstić information content (AvgIpc) is 2.97. The van der Waals surface area contributed by atoms with Crippen LogP contribution in [0.2, 0.25) is 0 Å². The minimum Gasteiger partial charge on any atom is -0.317 e. The zero-order valence-electron chi connectivity index (χ0n) is 12.2. The molecule has 0 radical (unpaired) electrons. The molecule has 0 spiro atoms. The van der Waals surface area contributed by atoms with Crippen LogP contribution in [-0.4, -0.2) is 25.8 Å². The highest BCUT2D eigenvalue weighted by molar-refractivity contribution is 7.91. The first kappa shape index (κ1) is 15.5. The average molecular weight is 338 g/mol. The van der Waals surface area contributed by atoms with Crippen molar-refractivity contribution in [2.24, 2.45) is 5.92 Å². The number of thiophene rings is 1. The van der Waals surface area contributed by atoms with Crippen LogP contribution in [0.25, 0.3) is 0 Å². The van der Waals surface area contributed by atoms with Gasteiger partial charge in [-0.3, -0.25) is 4.79 Å². The summed E-state index contributed by atoms with van der Waals surface area (Å²) in [5.41, 5.74) is 1.70. The van der Waals surface area contributed by atoms with Gasteiger partial charge in [0, 0.05) is 11.3 Å². The van der Waals surface area contributed by atoms with E-state index >= 15 is 0 Å². The number of sulfone groups is 1. The molecule has 5 nitrogen and oxygen atoms in total. The second-order valence-corrected chi connectivity index (χ2v) is 9.38. The molecular weight excluding hydrogens is 320 g/mol. The van der Waals surface area contributed by atoms with Crippen LogP contribution in [-0.2, 0) is 27.5 Å². The molecule has 7 heteroatoms. The first-order valence-electron chi connectivity index (χ1n) is 7.53. The first-order valence-corrected chi connectivity index (χ1v) is 10.2.